The molecule has 1 saturated heterocycles. The second-order valence-corrected chi connectivity index (χ2v) is 9.28. The summed E-state index contributed by atoms with van der Waals surface area (Å²) in [6.07, 6.45) is 5.43. The van der Waals surface area contributed by atoms with Gasteiger partial charge < -0.3 is 5.32 Å². The maximum Gasteiger partial charge on any atom is 0.244 e. The Morgan fingerprint density at radius 2 is 1.81 bits per heavy atom. The van der Waals surface area contributed by atoms with Crippen LogP contribution in [0.1, 0.15) is 44.9 Å². The van der Waals surface area contributed by atoms with E-state index in [0.29, 0.717) is 31.6 Å². The number of nitrogens with zero attached hydrogens (tertiary/aromatic N) is 2. The Bertz CT molecular complexity index is 836. The van der Waals surface area contributed by atoms with Crippen LogP contribution in [-0.2, 0) is 14.8 Å². The van der Waals surface area contributed by atoms with E-state index in [1.54, 1.807) is 6.07 Å². The maximum atomic E-state index is 12.8. The average molecular weight is 396 g/mol. The number of rotatable bonds is 4. The smallest absolute Gasteiger partial charge is 0.244 e. The fourth-order valence-corrected chi connectivity index (χ4v) is 5.66. The van der Waals surface area contributed by atoms with Crippen LogP contribution in [0.25, 0.3) is 0 Å². The molecule has 0 spiro atoms. The summed E-state index contributed by atoms with van der Waals surface area (Å²) in [5.74, 6) is -0.369. The molecular weight excluding hydrogens is 374 g/mol. The van der Waals surface area contributed by atoms with E-state index in [1.165, 1.54) is 16.4 Å². The zero-order chi connectivity index (χ0) is 18.8. The molecule has 2 aliphatic rings. The Kier molecular flexibility index (Phi) is 5.56. The summed E-state index contributed by atoms with van der Waals surface area (Å²) >= 11 is 6.13. The van der Waals surface area contributed by atoms with Gasteiger partial charge in [-0.1, -0.05) is 30.9 Å². The van der Waals surface area contributed by atoms with Crippen molar-refractivity contribution in [2.75, 3.05) is 18.4 Å². The quantitative estimate of drug-likeness (QED) is 0.844. The third kappa shape index (κ3) is 3.59. The van der Waals surface area contributed by atoms with Gasteiger partial charge in [-0.25, -0.2) is 8.42 Å². The van der Waals surface area contributed by atoms with Gasteiger partial charge in [0.2, 0.25) is 15.9 Å². The lowest BCUT2D eigenvalue weighted by atomic mass is 9.74. The van der Waals surface area contributed by atoms with Crippen molar-refractivity contribution in [3.05, 3.63) is 23.2 Å². The fourth-order valence-electron chi connectivity index (χ4n) is 3.64. The Morgan fingerprint density at radius 1 is 1.15 bits per heavy atom. The molecule has 1 N–H and O–H groups in total. The zero-order valence-corrected chi connectivity index (χ0v) is 16.1. The highest BCUT2D eigenvalue weighted by molar-refractivity contribution is 7.89. The van der Waals surface area contributed by atoms with Gasteiger partial charge >= 0.3 is 0 Å². The predicted molar refractivity (Wildman–Crippen MR) is 99.2 cm³/mol. The van der Waals surface area contributed by atoms with Crippen molar-refractivity contribution in [3.8, 4) is 6.07 Å². The molecule has 0 unspecified atom stereocenters. The van der Waals surface area contributed by atoms with Crippen LogP contribution in [0.4, 0.5) is 5.69 Å². The molecule has 6 nitrogen and oxygen atoms in total. The highest BCUT2D eigenvalue weighted by Gasteiger charge is 2.40. The molecule has 0 aromatic heterocycles. The molecule has 2 fully saturated rings. The number of carbonyl (C=O) groups is 1. The van der Waals surface area contributed by atoms with Gasteiger partial charge in [0.15, 0.2) is 0 Å². The van der Waals surface area contributed by atoms with Gasteiger partial charge in [0.1, 0.15) is 10.3 Å². The largest absolute Gasteiger partial charge is 0.325 e. The van der Waals surface area contributed by atoms with Crippen molar-refractivity contribution >= 4 is 33.2 Å². The van der Waals surface area contributed by atoms with E-state index >= 15 is 0 Å². The topological polar surface area (TPSA) is 90.3 Å². The number of hydrogen-bond acceptors (Lipinski definition) is 4. The second kappa shape index (κ2) is 7.55. The summed E-state index contributed by atoms with van der Waals surface area (Å²) in [6.45, 7) is 0.958. The Hall–Kier alpha value is -1.62. The molecule has 1 aromatic carbocycles. The number of hydrogen-bond donors (Lipinski definition) is 1. The minimum Gasteiger partial charge on any atom is -0.325 e. The van der Waals surface area contributed by atoms with Crippen LogP contribution in [0.15, 0.2) is 23.1 Å². The lowest BCUT2D eigenvalue weighted by Crippen LogP contribution is -2.36. The average Bonchev–Trinajstić information content (AvgIpc) is 3.19. The van der Waals surface area contributed by atoms with Gasteiger partial charge in [0.05, 0.1) is 11.1 Å². The summed E-state index contributed by atoms with van der Waals surface area (Å²) < 4.78 is 27.0. The van der Waals surface area contributed by atoms with E-state index in [9.17, 15) is 18.5 Å². The summed E-state index contributed by atoms with van der Waals surface area (Å²) in [6, 6.07) is 6.60. The van der Waals surface area contributed by atoms with Gasteiger partial charge in [-0.2, -0.15) is 9.57 Å². The van der Waals surface area contributed by atoms with Crippen LogP contribution in [0.3, 0.4) is 0 Å². The first kappa shape index (κ1) is 19.2. The zero-order valence-electron chi connectivity index (χ0n) is 14.5. The SMILES string of the molecule is N#CC1(C(=O)Nc2ccc(Cl)c(S(=O)(=O)N3CCCC3)c2)CCCCC1. The standard InChI is InChI=1S/C18H22ClN3O3S/c19-15-7-6-14(12-16(15)26(24,25)22-10-4-5-11-22)21-17(23)18(13-20)8-2-1-3-9-18/h6-7,12H,1-5,8-11H2,(H,21,23). The van der Waals surface area contributed by atoms with Gasteiger partial charge in [-0.3, -0.25) is 4.79 Å². The molecule has 140 valence electrons. The number of sulfonamides is 1. The minimum absolute atomic E-state index is 0.00600. The predicted octanol–water partition coefficient (Wildman–Crippen LogP) is 3.54. The summed E-state index contributed by atoms with van der Waals surface area (Å²) in [4.78, 5) is 12.7. The normalized spacial score (nSPS) is 20.5. The third-order valence-corrected chi connectivity index (χ3v) is 7.61. The number of benzene rings is 1. The van der Waals surface area contributed by atoms with Crippen LogP contribution in [0.2, 0.25) is 5.02 Å². The number of halogens is 1. The van der Waals surface area contributed by atoms with Crippen molar-refractivity contribution in [3.63, 3.8) is 0 Å². The van der Waals surface area contributed by atoms with E-state index in [2.05, 4.69) is 11.4 Å². The van der Waals surface area contributed by atoms with Gasteiger partial charge in [-0.15, -0.1) is 0 Å². The summed E-state index contributed by atoms with van der Waals surface area (Å²) in [7, 11) is -3.69. The highest BCUT2D eigenvalue weighted by atomic mass is 35.5. The highest BCUT2D eigenvalue weighted by Crippen LogP contribution is 2.37. The molecule has 1 aromatic rings. The fraction of sp³-hybridized carbons (Fsp3) is 0.556. The molecule has 1 heterocycles. The monoisotopic (exact) mass is 395 g/mol. The Morgan fingerprint density at radius 3 is 2.42 bits per heavy atom. The van der Waals surface area contributed by atoms with Crippen molar-refractivity contribution in [1.82, 2.24) is 4.31 Å². The number of anilines is 1. The summed E-state index contributed by atoms with van der Waals surface area (Å²) in [5, 5.41) is 12.4. The van der Waals surface area contributed by atoms with Gasteiger partial charge in [0, 0.05) is 18.8 Å². The number of carbonyl (C=O) groups excluding carboxylic acids is 1. The Labute approximate surface area is 159 Å². The molecule has 26 heavy (non-hydrogen) atoms. The van der Waals surface area contributed by atoms with E-state index in [0.717, 1.165) is 32.1 Å². The molecule has 3 rings (SSSR count). The molecule has 1 saturated carbocycles. The number of nitriles is 1. The van der Waals surface area contributed by atoms with Crippen LogP contribution < -0.4 is 5.32 Å². The molecule has 1 amide bonds. The summed E-state index contributed by atoms with van der Waals surface area (Å²) in [5.41, 5.74) is -0.691. The lowest BCUT2D eigenvalue weighted by Gasteiger charge is -2.29. The molecule has 0 radical (unpaired) electrons. The first-order valence-electron chi connectivity index (χ1n) is 8.91. The number of amides is 1. The van der Waals surface area contributed by atoms with Crippen LogP contribution in [0, 0.1) is 16.7 Å². The van der Waals surface area contributed by atoms with Crippen molar-refractivity contribution < 1.29 is 13.2 Å². The van der Waals surface area contributed by atoms with Crippen molar-refractivity contribution in [2.24, 2.45) is 5.41 Å². The molecule has 8 heteroatoms. The lowest BCUT2D eigenvalue weighted by molar-refractivity contribution is -0.124. The van der Waals surface area contributed by atoms with Gasteiger partial charge in [-0.05, 0) is 43.9 Å². The first-order chi connectivity index (χ1) is 12.4. The van der Waals surface area contributed by atoms with E-state index in [4.69, 9.17) is 11.6 Å². The minimum atomic E-state index is -3.69. The van der Waals surface area contributed by atoms with Crippen molar-refractivity contribution in [1.29, 1.82) is 5.26 Å². The molecule has 0 bridgehead atoms. The van der Waals surface area contributed by atoms with Crippen molar-refractivity contribution in [2.45, 2.75) is 49.8 Å². The first-order valence-corrected chi connectivity index (χ1v) is 10.7. The van der Waals surface area contributed by atoms with Gasteiger partial charge in [0.25, 0.3) is 0 Å². The Balaban J connectivity index is 1.86. The second-order valence-electron chi connectivity index (χ2n) is 6.97. The molecule has 1 aliphatic heterocycles. The maximum absolute atomic E-state index is 12.8. The van der Waals surface area contributed by atoms with E-state index < -0.39 is 15.4 Å². The molecule has 0 atom stereocenters. The molecule has 1 aliphatic carbocycles. The molecular formula is C18H22ClN3O3S. The van der Waals surface area contributed by atoms with E-state index in [1.807, 2.05) is 0 Å². The third-order valence-electron chi connectivity index (χ3n) is 5.23. The van der Waals surface area contributed by atoms with Crippen LogP contribution >= 0.6 is 11.6 Å². The van der Waals surface area contributed by atoms with Crippen LogP contribution in [0.5, 0.6) is 0 Å². The van der Waals surface area contributed by atoms with Crippen LogP contribution in [-0.4, -0.2) is 31.7 Å². The number of nitrogens with one attached hydrogen (secondary N) is 1. The van der Waals surface area contributed by atoms with E-state index in [-0.39, 0.29) is 15.8 Å².